The van der Waals surface area contributed by atoms with Crippen molar-refractivity contribution in [3.8, 4) is 0 Å². The molecule has 2 N–H and O–H groups in total. The quantitative estimate of drug-likeness (QED) is 0.798. The maximum atomic E-state index is 13.0. The molecule has 7 heteroatoms. The first kappa shape index (κ1) is 20.3. The predicted molar refractivity (Wildman–Crippen MR) is 107 cm³/mol. The predicted octanol–water partition coefficient (Wildman–Crippen LogP) is 3.21. The number of hydrogen-bond donors (Lipinski definition) is 2. The van der Waals surface area contributed by atoms with Gasteiger partial charge in [0, 0.05) is 29.9 Å². The van der Waals surface area contributed by atoms with E-state index in [0.717, 1.165) is 41.9 Å². The summed E-state index contributed by atoms with van der Waals surface area (Å²) >= 11 is 0. The first-order valence-electron chi connectivity index (χ1n) is 10.0. The zero-order valence-corrected chi connectivity index (χ0v) is 17.8. The lowest BCUT2D eigenvalue weighted by molar-refractivity contribution is -0.121. The number of aryl methyl sites for hydroxylation is 1. The van der Waals surface area contributed by atoms with Crippen LogP contribution in [0.4, 0.5) is 0 Å². The number of fused-ring (bicyclic) bond motifs is 1. The summed E-state index contributed by atoms with van der Waals surface area (Å²) in [6, 6.07) is -0.291. The molecule has 2 aromatic heterocycles. The van der Waals surface area contributed by atoms with Crippen molar-refractivity contribution in [2.45, 2.75) is 79.8 Å². The number of aromatic amines is 1. The van der Waals surface area contributed by atoms with E-state index in [1.54, 1.807) is 0 Å². The molecular weight excluding hydrogens is 354 g/mol. The van der Waals surface area contributed by atoms with Gasteiger partial charge >= 0.3 is 0 Å². The average molecular weight is 386 g/mol. The van der Waals surface area contributed by atoms with Crippen molar-refractivity contribution in [2.75, 3.05) is 0 Å². The number of hydrogen-bond acceptors (Lipinski definition) is 4. The zero-order valence-electron chi connectivity index (χ0n) is 17.8. The maximum Gasteiger partial charge on any atom is 0.225 e. The van der Waals surface area contributed by atoms with Crippen molar-refractivity contribution in [3.63, 3.8) is 0 Å². The molecule has 0 radical (unpaired) electrons. The molecule has 1 aliphatic rings. The molecule has 0 spiro atoms. The summed E-state index contributed by atoms with van der Waals surface area (Å²) in [5.74, 6) is 1.31. The highest BCUT2D eigenvalue weighted by molar-refractivity contribution is 6.01. The molecule has 0 aliphatic heterocycles. The molecule has 28 heavy (non-hydrogen) atoms. The Bertz CT molecular complexity index is 906. The van der Waals surface area contributed by atoms with E-state index in [-0.39, 0.29) is 29.6 Å². The van der Waals surface area contributed by atoms with Crippen LogP contribution in [0, 0.1) is 19.3 Å². The Labute approximate surface area is 166 Å². The van der Waals surface area contributed by atoms with Crippen LogP contribution < -0.4 is 5.32 Å². The van der Waals surface area contributed by atoms with Crippen molar-refractivity contribution in [2.24, 2.45) is 5.41 Å². The Hall–Kier alpha value is -2.44. The number of H-pyrrole nitrogens is 1. The number of carbonyl (C=O) groups excluding carboxylic acids is 2. The van der Waals surface area contributed by atoms with Crippen LogP contribution in [0.3, 0.4) is 0 Å². The van der Waals surface area contributed by atoms with Gasteiger partial charge in [0.05, 0.1) is 12.5 Å². The minimum absolute atomic E-state index is 0.0438. The van der Waals surface area contributed by atoms with Crippen LogP contribution in [0.15, 0.2) is 0 Å². The van der Waals surface area contributed by atoms with Gasteiger partial charge in [0.15, 0.2) is 11.6 Å². The van der Waals surface area contributed by atoms with Crippen LogP contribution in [-0.2, 0) is 24.2 Å². The number of nitrogens with zero attached hydrogens (tertiary/aromatic N) is 3. The number of ketones is 1. The van der Waals surface area contributed by atoms with E-state index in [1.165, 1.54) is 0 Å². The van der Waals surface area contributed by atoms with Crippen LogP contribution in [0.1, 0.15) is 85.5 Å². The largest absolute Gasteiger partial charge is 0.348 e. The van der Waals surface area contributed by atoms with Crippen LogP contribution in [0.5, 0.6) is 0 Å². The standard InChI is InChI=1S/C21H31N5O2/c1-7-8-26-13(3)15(19-16(26)10-21(5,6)11-17(19)27)9-18(28)22-12(2)20-23-14(4)24-25-20/h12H,7-11H2,1-6H3,(H,22,28)(H,23,24,25)/t12-/m1/s1. The van der Waals surface area contributed by atoms with E-state index in [9.17, 15) is 9.59 Å². The second kappa shape index (κ2) is 7.53. The summed E-state index contributed by atoms with van der Waals surface area (Å²) in [5, 5.41) is 9.86. The lowest BCUT2D eigenvalue weighted by atomic mass is 9.75. The highest BCUT2D eigenvalue weighted by Gasteiger charge is 2.37. The molecule has 1 aliphatic carbocycles. The molecule has 152 valence electrons. The lowest BCUT2D eigenvalue weighted by Crippen LogP contribution is -2.31. The summed E-state index contributed by atoms with van der Waals surface area (Å²) in [6.07, 6.45) is 2.58. The molecule has 7 nitrogen and oxygen atoms in total. The third-order valence-corrected chi connectivity index (χ3v) is 5.49. The van der Waals surface area contributed by atoms with Gasteiger partial charge in [-0.05, 0) is 44.6 Å². The van der Waals surface area contributed by atoms with Crippen molar-refractivity contribution in [3.05, 3.63) is 34.2 Å². The number of carbonyl (C=O) groups is 2. The van der Waals surface area contributed by atoms with Crippen molar-refractivity contribution >= 4 is 11.7 Å². The summed E-state index contributed by atoms with van der Waals surface area (Å²) in [7, 11) is 0. The van der Waals surface area contributed by atoms with Gasteiger partial charge in [-0.2, -0.15) is 5.10 Å². The van der Waals surface area contributed by atoms with Gasteiger partial charge in [0.2, 0.25) is 5.91 Å². The first-order chi connectivity index (χ1) is 13.1. The maximum absolute atomic E-state index is 13.0. The van der Waals surface area contributed by atoms with Crippen molar-refractivity contribution in [1.82, 2.24) is 25.1 Å². The molecular formula is C21H31N5O2. The van der Waals surface area contributed by atoms with Crippen LogP contribution in [-0.4, -0.2) is 31.4 Å². The molecule has 2 aromatic rings. The van der Waals surface area contributed by atoms with Gasteiger partial charge in [-0.25, -0.2) is 4.98 Å². The Kier molecular flexibility index (Phi) is 5.46. The Morgan fingerprint density at radius 1 is 1.32 bits per heavy atom. The number of Topliss-reactive ketones (excluding diaryl/α,β-unsaturated/α-hetero) is 1. The fourth-order valence-corrected chi connectivity index (χ4v) is 4.22. The number of aromatic nitrogens is 4. The molecule has 0 bridgehead atoms. The van der Waals surface area contributed by atoms with Gasteiger partial charge in [-0.15, -0.1) is 0 Å². The number of rotatable bonds is 6. The molecule has 0 unspecified atom stereocenters. The lowest BCUT2D eigenvalue weighted by Gasteiger charge is -2.30. The molecule has 3 rings (SSSR count). The highest BCUT2D eigenvalue weighted by Crippen LogP contribution is 2.39. The molecule has 0 fully saturated rings. The molecule has 1 amide bonds. The summed E-state index contributed by atoms with van der Waals surface area (Å²) in [6.45, 7) is 13.0. The first-order valence-corrected chi connectivity index (χ1v) is 10.0. The van der Waals surface area contributed by atoms with E-state index < -0.39 is 0 Å². The Balaban J connectivity index is 1.87. The van der Waals surface area contributed by atoms with Crippen LogP contribution >= 0.6 is 0 Å². The fraction of sp³-hybridized carbons (Fsp3) is 0.619. The van der Waals surface area contributed by atoms with Gasteiger partial charge in [0.25, 0.3) is 0 Å². The average Bonchev–Trinajstić information content (AvgIpc) is 3.12. The van der Waals surface area contributed by atoms with E-state index >= 15 is 0 Å². The molecule has 0 saturated carbocycles. The second-order valence-corrected chi connectivity index (χ2v) is 8.72. The third kappa shape index (κ3) is 3.88. The van der Waals surface area contributed by atoms with Crippen LogP contribution in [0.2, 0.25) is 0 Å². The van der Waals surface area contributed by atoms with Gasteiger partial charge in [-0.3, -0.25) is 14.7 Å². The monoisotopic (exact) mass is 385 g/mol. The summed E-state index contributed by atoms with van der Waals surface area (Å²) < 4.78 is 2.25. The summed E-state index contributed by atoms with van der Waals surface area (Å²) in [4.78, 5) is 30.0. The normalized spacial score (nSPS) is 16.7. The Morgan fingerprint density at radius 2 is 2.04 bits per heavy atom. The van der Waals surface area contributed by atoms with E-state index in [1.807, 2.05) is 20.8 Å². The number of amides is 1. The van der Waals surface area contributed by atoms with Crippen molar-refractivity contribution in [1.29, 1.82) is 0 Å². The smallest absolute Gasteiger partial charge is 0.225 e. The van der Waals surface area contributed by atoms with E-state index in [0.29, 0.717) is 18.1 Å². The van der Waals surface area contributed by atoms with Gasteiger partial charge in [-0.1, -0.05) is 20.8 Å². The molecule has 2 heterocycles. The highest BCUT2D eigenvalue weighted by atomic mass is 16.1. The van der Waals surface area contributed by atoms with Gasteiger partial charge < -0.3 is 9.88 Å². The fourth-order valence-electron chi connectivity index (χ4n) is 4.22. The van der Waals surface area contributed by atoms with Crippen LogP contribution in [0.25, 0.3) is 0 Å². The SMILES string of the molecule is CCCn1c(C)c(CC(=O)N[C@H](C)c2n[nH]c(C)n2)c2c1CC(C)(C)CC2=O. The van der Waals surface area contributed by atoms with E-state index in [4.69, 9.17) is 0 Å². The summed E-state index contributed by atoms with van der Waals surface area (Å²) in [5.41, 5.74) is 3.75. The molecule has 0 saturated heterocycles. The second-order valence-electron chi connectivity index (χ2n) is 8.72. The minimum atomic E-state index is -0.291. The van der Waals surface area contributed by atoms with Gasteiger partial charge in [0.1, 0.15) is 5.82 Å². The number of nitrogens with one attached hydrogen (secondary N) is 2. The molecule has 0 aromatic carbocycles. The van der Waals surface area contributed by atoms with E-state index in [2.05, 4.69) is 45.8 Å². The minimum Gasteiger partial charge on any atom is -0.348 e. The Morgan fingerprint density at radius 3 is 2.64 bits per heavy atom. The topological polar surface area (TPSA) is 92.7 Å². The van der Waals surface area contributed by atoms with Crippen molar-refractivity contribution < 1.29 is 9.59 Å². The third-order valence-electron chi connectivity index (χ3n) is 5.49. The molecule has 1 atom stereocenters. The zero-order chi connectivity index (χ0) is 20.6.